The van der Waals surface area contributed by atoms with Crippen molar-refractivity contribution in [3.8, 4) is 0 Å². The van der Waals surface area contributed by atoms with E-state index in [1.165, 1.54) is 18.2 Å². The first-order chi connectivity index (χ1) is 9.19. The van der Waals surface area contributed by atoms with Crippen LogP contribution in [0.15, 0.2) is 24.3 Å². The molecule has 0 saturated carbocycles. The topological polar surface area (TPSA) is 71.7 Å². The van der Waals surface area contributed by atoms with Crippen molar-refractivity contribution in [2.75, 3.05) is 0 Å². The summed E-state index contributed by atoms with van der Waals surface area (Å²) < 4.78 is 19.5. The predicted molar refractivity (Wildman–Crippen MR) is 73.4 cm³/mol. The van der Waals surface area contributed by atoms with Gasteiger partial charge in [0, 0.05) is 5.39 Å². The molecule has 0 amide bonds. The van der Waals surface area contributed by atoms with Gasteiger partial charge >= 0.3 is 13.2 Å². The zero-order valence-corrected chi connectivity index (χ0v) is 11.4. The second kappa shape index (κ2) is 4.92. The van der Waals surface area contributed by atoms with Gasteiger partial charge in [0.05, 0.1) is 11.1 Å². The molecule has 0 fully saturated rings. The Bertz CT molecular complexity index is 660. The van der Waals surface area contributed by atoms with Crippen LogP contribution in [-0.2, 0) is 4.74 Å². The molecule has 106 valence electrons. The Kier molecular flexibility index (Phi) is 3.58. The van der Waals surface area contributed by atoms with E-state index in [9.17, 15) is 19.2 Å². The minimum atomic E-state index is -1.86. The number of hydrogen-bond donors (Lipinski definition) is 2. The molecule has 2 aromatic rings. The van der Waals surface area contributed by atoms with E-state index in [4.69, 9.17) is 4.74 Å². The van der Waals surface area contributed by atoms with Crippen molar-refractivity contribution in [2.24, 2.45) is 0 Å². The van der Waals surface area contributed by atoms with Crippen LogP contribution < -0.4 is 5.59 Å². The lowest BCUT2D eigenvalue weighted by molar-refractivity contribution is 0.0547. The molecule has 0 unspecified atom stereocenters. The molecule has 1 heterocycles. The number of halogens is 1. The average Bonchev–Trinajstić information content (AvgIpc) is 2.65. The summed E-state index contributed by atoms with van der Waals surface area (Å²) in [6, 6.07) is 5.24. The normalized spacial score (nSPS) is 11.7. The molecule has 0 aliphatic heterocycles. The van der Waals surface area contributed by atoms with Crippen molar-refractivity contribution in [1.82, 2.24) is 4.57 Å². The Hall–Kier alpha value is -1.86. The molecule has 0 atom stereocenters. The molecule has 1 aromatic carbocycles. The molecule has 0 saturated heterocycles. The maximum absolute atomic E-state index is 13.3. The Morgan fingerprint density at radius 3 is 2.50 bits per heavy atom. The van der Waals surface area contributed by atoms with Gasteiger partial charge in [0.15, 0.2) is 0 Å². The van der Waals surface area contributed by atoms with Gasteiger partial charge in [0.1, 0.15) is 11.4 Å². The molecule has 0 bridgehead atoms. The van der Waals surface area contributed by atoms with Gasteiger partial charge < -0.3 is 14.8 Å². The standard InChI is InChI=1S/C13H15BFNO4/c1-13(2,3)20-12(17)16-10-7-9(15)5-4-8(10)6-11(16)14(18)19/h4-7,18-19H,1-3H3. The third-order valence-corrected chi connectivity index (χ3v) is 2.64. The van der Waals surface area contributed by atoms with Crippen molar-refractivity contribution < 1.29 is 24.0 Å². The van der Waals surface area contributed by atoms with E-state index in [2.05, 4.69) is 0 Å². The molecule has 0 aliphatic rings. The molecule has 7 heteroatoms. The van der Waals surface area contributed by atoms with Crippen LogP contribution in [-0.4, -0.2) is 33.4 Å². The minimum Gasteiger partial charge on any atom is -0.443 e. The van der Waals surface area contributed by atoms with E-state index < -0.39 is 24.6 Å². The van der Waals surface area contributed by atoms with Crippen molar-refractivity contribution in [3.05, 3.63) is 30.1 Å². The van der Waals surface area contributed by atoms with Crippen LogP contribution in [0.3, 0.4) is 0 Å². The van der Waals surface area contributed by atoms with Crippen LogP contribution >= 0.6 is 0 Å². The van der Waals surface area contributed by atoms with E-state index in [-0.39, 0.29) is 11.1 Å². The fraction of sp³-hybridized carbons (Fsp3) is 0.308. The molecular formula is C13H15BFNO4. The number of benzene rings is 1. The van der Waals surface area contributed by atoms with Gasteiger partial charge in [-0.1, -0.05) is 0 Å². The minimum absolute atomic E-state index is 0.0696. The van der Waals surface area contributed by atoms with E-state index >= 15 is 0 Å². The predicted octanol–water partition coefficient (Wildman–Crippen LogP) is 1.24. The molecule has 0 radical (unpaired) electrons. The maximum atomic E-state index is 13.3. The van der Waals surface area contributed by atoms with Crippen LogP contribution in [0.2, 0.25) is 0 Å². The Labute approximate surface area is 115 Å². The highest BCUT2D eigenvalue weighted by molar-refractivity contribution is 6.59. The first-order valence-electron chi connectivity index (χ1n) is 6.09. The van der Waals surface area contributed by atoms with E-state index in [1.54, 1.807) is 20.8 Å². The highest BCUT2D eigenvalue weighted by Gasteiger charge is 2.27. The number of ether oxygens (including phenoxy) is 1. The molecular weight excluding hydrogens is 264 g/mol. The summed E-state index contributed by atoms with van der Waals surface area (Å²) in [4.78, 5) is 12.2. The van der Waals surface area contributed by atoms with Gasteiger partial charge in [-0.2, -0.15) is 0 Å². The molecule has 5 nitrogen and oxygen atoms in total. The number of rotatable bonds is 1. The van der Waals surface area contributed by atoms with Gasteiger partial charge in [-0.15, -0.1) is 0 Å². The van der Waals surface area contributed by atoms with Crippen LogP contribution in [0.25, 0.3) is 10.9 Å². The highest BCUT2D eigenvalue weighted by atomic mass is 19.1. The van der Waals surface area contributed by atoms with Crippen molar-refractivity contribution in [2.45, 2.75) is 26.4 Å². The van der Waals surface area contributed by atoms with Gasteiger partial charge in [-0.3, -0.25) is 4.57 Å². The summed E-state index contributed by atoms with van der Waals surface area (Å²) in [6.07, 6.45) is -0.791. The van der Waals surface area contributed by atoms with E-state index in [1.807, 2.05) is 0 Å². The van der Waals surface area contributed by atoms with Crippen LogP contribution in [0.4, 0.5) is 9.18 Å². The van der Waals surface area contributed by atoms with E-state index in [0.717, 1.165) is 10.6 Å². The summed E-state index contributed by atoms with van der Waals surface area (Å²) in [5.74, 6) is -0.528. The zero-order chi connectivity index (χ0) is 15.1. The summed E-state index contributed by atoms with van der Waals surface area (Å²) >= 11 is 0. The number of nitrogens with zero attached hydrogens (tertiary/aromatic N) is 1. The second-order valence-electron chi connectivity index (χ2n) is 5.46. The first kappa shape index (κ1) is 14.6. The van der Waals surface area contributed by atoms with Gasteiger partial charge in [0.2, 0.25) is 0 Å². The maximum Gasteiger partial charge on any atom is 0.506 e. The molecule has 0 spiro atoms. The fourth-order valence-corrected chi connectivity index (χ4v) is 1.90. The Balaban J connectivity index is 2.62. The summed E-state index contributed by atoms with van der Waals surface area (Å²) in [5.41, 5.74) is -0.596. The van der Waals surface area contributed by atoms with Crippen LogP contribution in [0.5, 0.6) is 0 Å². The first-order valence-corrected chi connectivity index (χ1v) is 6.09. The van der Waals surface area contributed by atoms with Gasteiger partial charge in [-0.25, -0.2) is 9.18 Å². The van der Waals surface area contributed by atoms with Crippen molar-refractivity contribution in [1.29, 1.82) is 0 Å². The highest BCUT2D eigenvalue weighted by Crippen LogP contribution is 2.18. The molecule has 1 aromatic heterocycles. The lowest BCUT2D eigenvalue weighted by atomic mass is 9.86. The number of carbonyl (C=O) groups excluding carboxylic acids is 1. The summed E-state index contributed by atoms with van der Waals surface area (Å²) in [5, 5.41) is 19.2. The Morgan fingerprint density at radius 2 is 1.95 bits per heavy atom. The SMILES string of the molecule is CC(C)(C)OC(=O)n1c(B(O)O)cc2ccc(F)cc21. The van der Waals surface area contributed by atoms with Gasteiger partial charge in [-0.05, 0) is 45.0 Å². The largest absolute Gasteiger partial charge is 0.506 e. The van der Waals surface area contributed by atoms with Crippen molar-refractivity contribution >= 4 is 29.7 Å². The third-order valence-electron chi connectivity index (χ3n) is 2.64. The average molecular weight is 279 g/mol. The molecule has 2 N–H and O–H groups in total. The van der Waals surface area contributed by atoms with Crippen LogP contribution in [0.1, 0.15) is 20.8 Å². The third kappa shape index (κ3) is 2.83. The fourth-order valence-electron chi connectivity index (χ4n) is 1.90. The van der Waals surface area contributed by atoms with Crippen molar-refractivity contribution in [3.63, 3.8) is 0 Å². The zero-order valence-electron chi connectivity index (χ0n) is 11.4. The number of hydrogen-bond acceptors (Lipinski definition) is 4. The Morgan fingerprint density at radius 1 is 1.30 bits per heavy atom. The summed E-state index contributed by atoms with van der Waals surface area (Å²) in [7, 11) is -1.86. The smallest absolute Gasteiger partial charge is 0.443 e. The molecule has 20 heavy (non-hydrogen) atoms. The molecule has 2 rings (SSSR count). The van der Waals surface area contributed by atoms with Crippen LogP contribution in [0, 0.1) is 5.82 Å². The quantitative estimate of drug-likeness (QED) is 0.770. The number of aromatic nitrogens is 1. The molecule has 0 aliphatic carbocycles. The lowest BCUT2D eigenvalue weighted by Crippen LogP contribution is -2.41. The monoisotopic (exact) mass is 279 g/mol. The second-order valence-corrected chi connectivity index (χ2v) is 5.46. The number of carbonyl (C=O) groups is 1. The van der Waals surface area contributed by atoms with Gasteiger partial charge in [0.25, 0.3) is 0 Å². The summed E-state index contributed by atoms with van der Waals surface area (Å²) in [6.45, 7) is 5.06. The lowest BCUT2D eigenvalue weighted by Gasteiger charge is -2.20. The van der Waals surface area contributed by atoms with E-state index in [0.29, 0.717) is 5.39 Å². The number of fused-ring (bicyclic) bond motifs is 1.